The van der Waals surface area contributed by atoms with E-state index >= 15 is 0 Å². The van der Waals surface area contributed by atoms with Crippen molar-refractivity contribution in [3.8, 4) is 0 Å². The predicted octanol–water partition coefficient (Wildman–Crippen LogP) is 3.54. The molecule has 0 atom stereocenters. The van der Waals surface area contributed by atoms with E-state index in [0.29, 0.717) is 6.42 Å². The number of carbonyl (C=O) groups excluding carboxylic acids is 2. The Balaban J connectivity index is 1.81. The molecule has 29 heavy (non-hydrogen) atoms. The van der Waals surface area contributed by atoms with E-state index in [1.165, 1.54) is 0 Å². The van der Waals surface area contributed by atoms with Gasteiger partial charge in [0.05, 0.1) is 11.2 Å². The molecule has 160 valence electrons. The number of ether oxygens (including phenoxy) is 2. The van der Waals surface area contributed by atoms with Crippen molar-refractivity contribution in [3.05, 3.63) is 29.8 Å². The second-order valence-electron chi connectivity index (χ2n) is 9.43. The molecule has 6 nitrogen and oxygen atoms in total. The van der Waals surface area contributed by atoms with Crippen molar-refractivity contribution < 1.29 is 28.4 Å². The monoisotopic (exact) mass is 404 g/mol. The third-order valence-electron chi connectivity index (χ3n) is 5.06. The van der Waals surface area contributed by atoms with E-state index in [2.05, 4.69) is 0 Å². The zero-order chi connectivity index (χ0) is 21.9. The quantitative estimate of drug-likeness (QED) is 0.512. The molecule has 0 unspecified atom stereocenters. The molecular weight excluding hydrogens is 371 g/mol. The van der Waals surface area contributed by atoms with Crippen LogP contribution >= 0.6 is 0 Å². The molecule has 1 aromatic carbocycles. The van der Waals surface area contributed by atoms with Crippen LogP contribution in [0.4, 0.5) is 0 Å². The average Bonchev–Trinajstić information content (AvgIpc) is 2.79. The summed E-state index contributed by atoms with van der Waals surface area (Å²) >= 11 is 0. The number of hydrogen-bond acceptors (Lipinski definition) is 6. The van der Waals surface area contributed by atoms with Crippen molar-refractivity contribution in [2.24, 2.45) is 0 Å². The van der Waals surface area contributed by atoms with E-state index in [1.54, 1.807) is 0 Å². The largest absolute Gasteiger partial charge is 0.494 e. The summed E-state index contributed by atoms with van der Waals surface area (Å²) in [4.78, 5) is 23.6. The maximum absolute atomic E-state index is 12.0. The number of esters is 2. The Bertz CT molecular complexity index is 719. The first-order valence-corrected chi connectivity index (χ1v) is 10.1. The van der Waals surface area contributed by atoms with Gasteiger partial charge in [-0.2, -0.15) is 0 Å². The molecule has 1 aliphatic heterocycles. The van der Waals surface area contributed by atoms with E-state index in [1.807, 2.05) is 72.7 Å². The number of hydrogen-bond donors (Lipinski definition) is 0. The van der Waals surface area contributed by atoms with Gasteiger partial charge in [0, 0.05) is 12.8 Å². The Labute approximate surface area is 174 Å². The molecule has 0 saturated carbocycles. The second-order valence-corrected chi connectivity index (χ2v) is 9.43. The third-order valence-corrected chi connectivity index (χ3v) is 5.06. The molecule has 0 aromatic heterocycles. The van der Waals surface area contributed by atoms with Crippen molar-refractivity contribution in [2.45, 2.75) is 91.1 Å². The van der Waals surface area contributed by atoms with Gasteiger partial charge in [-0.1, -0.05) is 24.3 Å². The molecule has 0 spiro atoms. The molecular formula is C22H33BO6. The lowest BCUT2D eigenvalue weighted by Crippen LogP contribution is -2.41. The van der Waals surface area contributed by atoms with Crippen LogP contribution in [0, 0.1) is 0 Å². The Morgan fingerprint density at radius 1 is 1.00 bits per heavy atom. The van der Waals surface area contributed by atoms with Crippen LogP contribution in [0.5, 0.6) is 0 Å². The topological polar surface area (TPSA) is 71.1 Å². The van der Waals surface area contributed by atoms with E-state index in [4.69, 9.17) is 18.8 Å². The van der Waals surface area contributed by atoms with Crippen LogP contribution in [-0.2, 0) is 35.0 Å². The molecule has 1 aliphatic rings. The Morgan fingerprint density at radius 2 is 1.59 bits per heavy atom. The molecule has 1 fully saturated rings. The highest BCUT2D eigenvalue weighted by Gasteiger charge is 2.51. The maximum Gasteiger partial charge on any atom is 0.494 e. The van der Waals surface area contributed by atoms with E-state index in [-0.39, 0.29) is 31.4 Å². The van der Waals surface area contributed by atoms with Gasteiger partial charge in [0.1, 0.15) is 12.2 Å². The maximum atomic E-state index is 12.0. The number of benzene rings is 1. The Hall–Kier alpha value is -1.86. The van der Waals surface area contributed by atoms with Gasteiger partial charge in [0.15, 0.2) is 0 Å². The fourth-order valence-corrected chi connectivity index (χ4v) is 2.81. The van der Waals surface area contributed by atoms with E-state index in [0.717, 1.165) is 11.0 Å². The van der Waals surface area contributed by atoms with Gasteiger partial charge in [-0.05, 0) is 65.9 Å². The Kier molecular flexibility index (Phi) is 7.17. The summed E-state index contributed by atoms with van der Waals surface area (Å²) in [6, 6.07) is 7.65. The van der Waals surface area contributed by atoms with Crippen LogP contribution in [0.25, 0.3) is 0 Å². The minimum absolute atomic E-state index is 0.165. The van der Waals surface area contributed by atoms with Gasteiger partial charge in [-0.15, -0.1) is 0 Å². The molecule has 0 bridgehead atoms. The highest BCUT2D eigenvalue weighted by Crippen LogP contribution is 2.36. The van der Waals surface area contributed by atoms with Gasteiger partial charge >= 0.3 is 19.1 Å². The highest BCUT2D eigenvalue weighted by atomic mass is 16.7. The normalized spacial score (nSPS) is 17.8. The SMILES string of the molecule is CC(C)(C)OC(=O)CCCC(=O)OCc1cccc(B2OC(C)(C)C(C)(C)O2)c1. The van der Waals surface area contributed by atoms with Crippen molar-refractivity contribution >= 4 is 24.5 Å². The van der Waals surface area contributed by atoms with Crippen LogP contribution < -0.4 is 5.46 Å². The minimum Gasteiger partial charge on any atom is -0.461 e. The molecule has 0 N–H and O–H groups in total. The fourth-order valence-electron chi connectivity index (χ4n) is 2.81. The summed E-state index contributed by atoms with van der Waals surface area (Å²) in [5, 5.41) is 0. The minimum atomic E-state index is -0.514. The Morgan fingerprint density at radius 3 is 2.17 bits per heavy atom. The highest BCUT2D eigenvalue weighted by molar-refractivity contribution is 6.62. The van der Waals surface area contributed by atoms with Gasteiger partial charge in [-0.25, -0.2) is 0 Å². The number of carbonyl (C=O) groups is 2. The summed E-state index contributed by atoms with van der Waals surface area (Å²) in [5.74, 6) is -0.644. The first-order valence-electron chi connectivity index (χ1n) is 10.1. The zero-order valence-electron chi connectivity index (χ0n) is 18.7. The fraction of sp³-hybridized carbons (Fsp3) is 0.636. The summed E-state index contributed by atoms with van der Waals surface area (Å²) < 4.78 is 22.7. The number of rotatable bonds is 7. The van der Waals surface area contributed by atoms with Crippen LogP contribution in [0.15, 0.2) is 24.3 Å². The smallest absolute Gasteiger partial charge is 0.461 e. The molecule has 7 heteroatoms. The van der Waals surface area contributed by atoms with Crippen LogP contribution in [0.3, 0.4) is 0 Å². The summed E-state index contributed by atoms with van der Waals surface area (Å²) in [7, 11) is -0.454. The van der Waals surface area contributed by atoms with Gasteiger partial charge in [-0.3, -0.25) is 9.59 Å². The molecule has 1 heterocycles. The third kappa shape index (κ3) is 6.86. The van der Waals surface area contributed by atoms with Gasteiger partial charge in [0.2, 0.25) is 0 Å². The van der Waals surface area contributed by atoms with Crippen molar-refractivity contribution in [1.82, 2.24) is 0 Å². The van der Waals surface area contributed by atoms with Crippen LogP contribution in [-0.4, -0.2) is 35.9 Å². The van der Waals surface area contributed by atoms with Crippen LogP contribution in [0.1, 0.15) is 73.3 Å². The lowest BCUT2D eigenvalue weighted by Gasteiger charge is -2.32. The van der Waals surface area contributed by atoms with E-state index in [9.17, 15) is 9.59 Å². The standard InChI is InChI=1S/C22H33BO6/c1-20(2,3)27-19(25)13-9-12-18(24)26-15-16-10-8-11-17(14-16)23-28-21(4,5)22(6,7)29-23/h8,10-11,14H,9,12-13,15H2,1-7H3. The molecule has 0 amide bonds. The lowest BCUT2D eigenvalue weighted by atomic mass is 9.78. The van der Waals surface area contributed by atoms with Crippen LogP contribution in [0.2, 0.25) is 0 Å². The molecule has 2 rings (SSSR count). The molecule has 0 radical (unpaired) electrons. The zero-order valence-corrected chi connectivity index (χ0v) is 18.7. The molecule has 0 aliphatic carbocycles. The summed E-state index contributed by atoms with van der Waals surface area (Å²) in [5.41, 5.74) is 0.419. The first-order chi connectivity index (χ1) is 13.3. The van der Waals surface area contributed by atoms with Crippen molar-refractivity contribution in [1.29, 1.82) is 0 Å². The average molecular weight is 404 g/mol. The predicted molar refractivity (Wildman–Crippen MR) is 112 cm³/mol. The van der Waals surface area contributed by atoms with Gasteiger partial charge < -0.3 is 18.8 Å². The second kappa shape index (κ2) is 8.88. The molecule has 1 aromatic rings. The van der Waals surface area contributed by atoms with Crippen molar-refractivity contribution in [3.63, 3.8) is 0 Å². The lowest BCUT2D eigenvalue weighted by molar-refractivity contribution is -0.155. The summed E-state index contributed by atoms with van der Waals surface area (Å²) in [6.07, 6.45) is 0.779. The van der Waals surface area contributed by atoms with E-state index < -0.39 is 23.9 Å². The van der Waals surface area contributed by atoms with Crippen molar-refractivity contribution in [2.75, 3.05) is 0 Å². The van der Waals surface area contributed by atoms with Gasteiger partial charge in [0.25, 0.3) is 0 Å². The molecule has 1 saturated heterocycles. The first kappa shape index (κ1) is 23.4. The summed E-state index contributed by atoms with van der Waals surface area (Å²) in [6.45, 7) is 13.7.